The van der Waals surface area contributed by atoms with Crippen LogP contribution in [0.15, 0.2) is 18.2 Å². The largest absolute Gasteiger partial charge is 0.356 e. The number of anilines is 1. The van der Waals surface area contributed by atoms with Gasteiger partial charge >= 0.3 is 0 Å². The van der Waals surface area contributed by atoms with Crippen LogP contribution in [0.4, 0.5) is 23.5 Å². The molecule has 176 valence electrons. The molecule has 7 nitrogen and oxygen atoms in total. The number of rotatable bonds is 5. The van der Waals surface area contributed by atoms with Gasteiger partial charge in [0, 0.05) is 34.1 Å². The van der Waals surface area contributed by atoms with E-state index in [0.717, 1.165) is 22.2 Å². The number of fused-ring (bicyclic) bond motifs is 3. The summed E-state index contributed by atoms with van der Waals surface area (Å²) >= 11 is 6.20. The van der Waals surface area contributed by atoms with Gasteiger partial charge in [0.1, 0.15) is 6.79 Å². The van der Waals surface area contributed by atoms with E-state index in [-0.39, 0.29) is 18.7 Å². The first-order valence-electron chi connectivity index (χ1n) is 10.4. The Morgan fingerprint density at radius 3 is 2.42 bits per heavy atom. The highest BCUT2D eigenvalue weighted by Crippen LogP contribution is 2.40. The molecule has 0 radical (unpaired) electrons. The Labute approximate surface area is 191 Å². The maximum Gasteiger partial charge on any atom is 0.297 e. The molecule has 0 amide bonds. The van der Waals surface area contributed by atoms with Gasteiger partial charge in [-0.05, 0) is 36.6 Å². The maximum absolute atomic E-state index is 13.4. The normalized spacial score (nSPS) is 19.6. The van der Waals surface area contributed by atoms with Gasteiger partial charge in [-0.2, -0.15) is 9.97 Å². The predicted molar refractivity (Wildman–Crippen MR) is 112 cm³/mol. The van der Waals surface area contributed by atoms with Crippen LogP contribution in [0.3, 0.4) is 0 Å². The number of H-pyrrole nitrogens is 1. The number of nitrogens with one attached hydrogen (secondary N) is 1. The van der Waals surface area contributed by atoms with Crippen LogP contribution < -0.4 is 4.90 Å². The van der Waals surface area contributed by atoms with E-state index < -0.39 is 30.5 Å². The van der Waals surface area contributed by atoms with Gasteiger partial charge in [0.05, 0.1) is 19.3 Å². The average Bonchev–Trinajstić information content (AvgIpc) is 3.18. The molecule has 4 heterocycles. The van der Waals surface area contributed by atoms with Crippen molar-refractivity contribution in [3.8, 4) is 0 Å². The minimum atomic E-state index is -3.10. The molecule has 1 atom stereocenters. The molecular weight excluding hydrogens is 466 g/mol. The number of hydrogen-bond acceptors (Lipinski definition) is 6. The lowest BCUT2D eigenvalue weighted by Gasteiger charge is -2.38. The summed E-state index contributed by atoms with van der Waals surface area (Å²) in [4.78, 5) is 16.0. The highest BCUT2D eigenvalue weighted by molar-refractivity contribution is 6.31. The molecule has 33 heavy (non-hydrogen) atoms. The second-order valence-corrected chi connectivity index (χ2v) is 8.52. The van der Waals surface area contributed by atoms with Gasteiger partial charge in [0.15, 0.2) is 0 Å². The zero-order valence-corrected chi connectivity index (χ0v) is 18.0. The molecule has 0 aliphatic carbocycles. The minimum Gasteiger partial charge on any atom is -0.356 e. The second-order valence-electron chi connectivity index (χ2n) is 8.08. The molecule has 1 N–H and O–H groups in total. The maximum atomic E-state index is 13.4. The van der Waals surface area contributed by atoms with Crippen LogP contribution in [0.5, 0.6) is 0 Å². The highest BCUT2D eigenvalue weighted by atomic mass is 35.5. The summed E-state index contributed by atoms with van der Waals surface area (Å²) in [5.74, 6) is -2.11. The van der Waals surface area contributed by atoms with Crippen LogP contribution in [0.25, 0.3) is 10.9 Å². The van der Waals surface area contributed by atoms with Crippen molar-refractivity contribution in [3.05, 3.63) is 46.1 Å². The van der Waals surface area contributed by atoms with Crippen molar-refractivity contribution in [2.45, 2.75) is 31.7 Å². The Morgan fingerprint density at radius 1 is 1.06 bits per heavy atom. The van der Waals surface area contributed by atoms with Gasteiger partial charge in [-0.3, -0.25) is 0 Å². The van der Waals surface area contributed by atoms with Gasteiger partial charge in [-0.1, -0.05) is 11.6 Å². The summed E-state index contributed by atoms with van der Waals surface area (Å²) < 4.78 is 64.3. The van der Waals surface area contributed by atoms with Crippen molar-refractivity contribution in [3.63, 3.8) is 0 Å². The van der Waals surface area contributed by atoms with E-state index in [4.69, 9.17) is 21.1 Å². The third-order valence-corrected chi connectivity index (χ3v) is 6.18. The zero-order valence-electron chi connectivity index (χ0n) is 17.3. The fourth-order valence-corrected chi connectivity index (χ4v) is 4.70. The number of aromatic nitrogens is 4. The molecule has 2 aliphatic rings. The molecule has 0 bridgehead atoms. The Kier molecular flexibility index (Phi) is 6.11. The molecule has 0 saturated carbocycles. The quantitative estimate of drug-likeness (QED) is 0.513. The molecule has 0 unspecified atom stereocenters. The number of ether oxygens (including phenoxy) is 2. The number of alkyl halides is 4. The third-order valence-electron chi connectivity index (χ3n) is 5.95. The number of benzene rings is 1. The summed E-state index contributed by atoms with van der Waals surface area (Å²) in [6, 6.07) is 5.13. The van der Waals surface area contributed by atoms with Crippen molar-refractivity contribution in [2.75, 3.05) is 31.5 Å². The van der Waals surface area contributed by atoms with Crippen LogP contribution in [0.2, 0.25) is 5.02 Å². The van der Waals surface area contributed by atoms with Gasteiger partial charge in [0.2, 0.25) is 17.6 Å². The number of halogens is 5. The third kappa shape index (κ3) is 4.36. The summed E-state index contributed by atoms with van der Waals surface area (Å²) in [7, 11) is 0. The number of nitrogens with zero attached hydrogens (tertiary/aromatic N) is 4. The van der Waals surface area contributed by atoms with Gasteiger partial charge in [-0.25, -0.2) is 22.5 Å². The van der Waals surface area contributed by atoms with Crippen molar-refractivity contribution < 1.29 is 27.0 Å². The molecule has 12 heteroatoms. The van der Waals surface area contributed by atoms with Crippen LogP contribution >= 0.6 is 11.6 Å². The van der Waals surface area contributed by atoms with Crippen LogP contribution in [0.1, 0.15) is 48.2 Å². The average molecular weight is 486 g/mol. The lowest BCUT2D eigenvalue weighted by Crippen LogP contribution is -2.39. The van der Waals surface area contributed by atoms with E-state index in [1.807, 2.05) is 12.1 Å². The lowest BCUT2D eigenvalue weighted by atomic mass is 9.91. The van der Waals surface area contributed by atoms with Gasteiger partial charge in [-0.15, -0.1) is 0 Å². The predicted octanol–water partition coefficient (Wildman–Crippen LogP) is 5.00. The summed E-state index contributed by atoms with van der Waals surface area (Å²) in [6.45, 7) is 1.49. The van der Waals surface area contributed by atoms with E-state index in [1.54, 1.807) is 11.0 Å². The molecule has 0 spiro atoms. The second kappa shape index (κ2) is 9.03. The molecule has 3 aromatic rings. The molecule has 2 aromatic heterocycles. The molecule has 1 saturated heterocycles. The first-order chi connectivity index (χ1) is 15.9. The van der Waals surface area contributed by atoms with Gasteiger partial charge < -0.3 is 19.4 Å². The van der Waals surface area contributed by atoms with Crippen LogP contribution in [-0.4, -0.2) is 46.5 Å². The standard InChI is InChI=1S/C21H20ClF4N5O2/c22-11-1-2-14-13(6-11)12-3-4-31(15(16(12)27-14)5-10-7-32-9-33-8-10)21-29-19(17(23)24)28-20(30-21)18(25)26/h1-2,6,10,15,17-18,27H,3-5,7-9H2/t15-/m0/s1. The monoisotopic (exact) mass is 485 g/mol. The van der Waals surface area contributed by atoms with Crippen molar-refractivity contribution in [1.29, 1.82) is 0 Å². The Balaban J connectivity index is 1.60. The number of hydrogen-bond donors (Lipinski definition) is 1. The van der Waals surface area contributed by atoms with Crippen molar-refractivity contribution in [1.82, 2.24) is 19.9 Å². The lowest BCUT2D eigenvalue weighted by molar-refractivity contribution is -0.128. The van der Waals surface area contributed by atoms with E-state index in [1.165, 1.54) is 0 Å². The molecule has 1 aromatic carbocycles. The Morgan fingerprint density at radius 2 is 1.76 bits per heavy atom. The zero-order chi connectivity index (χ0) is 23.1. The topological polar surface area (TPSA) is 76.2 Å². The summed E-state index contributed by atoms with van der Waals surface area (Å²) in [6.07, 6.45) is -5.14. The fourth-order valence-electron chi connectivity index (χ4n) is 4.53. The summed E-state index contributed by atoms with van der Waals surface area (Å²) in [5, 5.41) is 1.56. The SMILES string of the molecule is FC(F)c1nc(C(F)F)nc(N2CCc3c([nH]c4ccc(Cl)cc34)[C@@H]2CC2COCOC2)n1. The van der Waals surface area contributed by atoms with Gasteiger partial charge in [0.25, 0.3) is 12.9 Å². The van der Waals surface area contributed by atoms with E-state index >= 15 is 0 Å². The smallest absolute Gasteiger partial charge is 0.297 e. The van der Waals surface area contributed by atoms with Crippen LogP contribution in [0, 0.1) is 5.92 Å². The fraction of sp³-hybridized carbons (Fsp3) is 0.476. The van der Waals surface area contributed by atoms with E-state index in [9.17, 15) is 17.6 Å². The van der Waals surface area contributed by atoms with E-state index in [2.05, 4.69) is 19.9 Å². The highest BCUT2D eigenvalue weighted by Gasteiger charge is 2.35. The first-order valence-corrected chi connectivity index (χ1v) is 10.8. The Bertz CT molecular complexity index is 1130. The molecule has 1 fully saturated rings. The molecule has 2 aliphatic heterocycles. The molecule has 5 rings (SSSR count). The Hall–Kier alpha value is -2.50. The van der Waals surface area contributed by atoms with Crippen LogP contribution in [-0.2, 0) is 15.9 Å². The number of aromatic amines is 1. The van der Waals surface area contributed by atoms with Crippen molar-refractivity contribution >= 4 is 28.5 Å². The minimum absolute atomic E-state index is 0.0122. The van der Waals surface area contributed by atoms with E-state index in [0.29, 0.717) is 37.6 Å². The molecular formula is C21H20ClF4N5O2. The summed E-state index contributed by atoms with van der Waals surface area (Å²) in [5.41, 5.74) is 2.77. The first kappa shape index (κ1) is 22.3. The van der Waals surface area contributed by atoms with Crippen molar-refractivity contribution in [2.24, 2.45) is 5.92 Å².